The third-order valence-electron chi connectivity index (χ3n) is 5.28. The van der Waals surface area contributed by atoms with Gasteiger partial charge < -0.3 is 14.2 Å². The van der Waals surface area contributed by atoms with Gasteiger partial charge in [-0.15, -0.1) is 11.3 Å². The van der Waals surface area contributed by atoms with Crippen molar-refractivity contribution in [1.29, 1.82) is 0 Å². The van der Waals surface area contributed by atoms with Crippen molar-refractivity contribution in [3.05, 3.63) is 78.3 Å². The third-order valence-corrected chi connectivity index (χ3v) is 7.81. The molecule has 7 nitrogen and oxygen atoms in total. The van der Waals surface area contributed by atoms with Gasteiger partial charge in [-0.1, -0.05) is 18.2 Å². The van der Waals surface area contributed by atoms with Gasteiger partial charge in [-0.2, -0.15) is 0 Å². The molecule has 0 fully saturated rings. The molecule has 9 heteroatoms. The van der Waals surface area contributed by atoms with E-state index >= 15 is 0 Å². The van der Waals surface area contributed by atoms with Crippen LogP contribution in [0.25, 0.3) is 21.0 Å². The van der Waals surface area contributed by atoms with Crippen LogP contribution in [0.1, 0.15) is 0 Å². The van der Waals surface area contributed by atoms with Crippen molar-refractivity contribution >= 4 is 48.0 Å². The van der Waals surface area contributed by atoms with E-state index in [1.165, 1.54) is 11.3 Å². The Morgan fingerprint density at radius 2 is 1.59 bits per heavy atom. The number of methoxy groups -OCH3 is 2. The number of ether oxygens (including phenoxy) is 3. The molecule has 0 saturated carbocycles. The minimum Gasteiger partial charge on any atom is -0.493 e. The summed E-state index contributed by atoms with van der Waals surface area (Å²) in [5.74, 6) is 2.28. The van der Waals surface area contributed by atoms with Gasteiger partial charge in [-0.3, -0.25) is 9.71 Å². The average molecular weight is 493 g/mol. The van der Waals surface area contributed by atoms with Gasteiger partial charge in [0, 0.05) is 38.8 Å². The second kappa shape index (κ2) is 8.85. The molecule has 2 heterocycles. The van der Waals surface area contributed by atoms with Crippen molar-refractivity contribution in [3.8, 4) is 23.0 Å². The van der Waals surface area contributed by atoms with Crippen LogP contribution in [0.3, 0.4) is 0 Å². The highest BCUT2D eigenvalue weighted by molar-refractivity contribution is 7.93. The van der Waals surface area contributed by atoms with Crippen LogP contribution in [0.2, 0.25) is 0 Å². The number of thiophene rings is 1. The van der Waals surface area contributed by atoms with Gasteiger partial charge in [0.2, 0.25) is 0 Å². The summed E-state index contributed by atoms with van der Waals surface area (Å²) in [4.78, 5) is 4.64. The van der Waals surface area contributed by atoms with Crippen LogP contribution in [0.5, 0.6) is 23.0 Å². The lowest BCUT2D eigenvalue weighted by atomic mass is 10.2. The van der Waals surface area contributed by atoms with E-state index in [0.29, 0.717) is 39.6 Å². The van der Waals surface area contributed by atoms with E-state index in [2.05, 4.69) is 9.71 Å². The Kier molecular flexibility index (Phi) is 5.72. The van der Waals surface area contributed by atoms with E-state index in [4.69, 9.17) is 14.2 Å². The zero-order valence-corrected chi connectivity index (χ0v) is 19.9. The summed E-state index contributed by atoms with van der Waals surface area (Å²) >= 11 is 1.40. The smallest absolute Gasteiger partial charge is 0.263 e. The Hall–Kier alpha value is -3.82. The molecule has 0 amide bonds. The topological polar surface area (TPSA) is 86.8 Å². The quantitative estimate of drug-likeness (QED) is 0.297. The highest BCUT2D eigenvalue weighted by atomic mass is 32.2. The summed E-state index contributed by atoms with van der Waals surface area (Å²) in [6.07, 6.45) is 1.65. The van der Waals surface area contributed by atoms with Crippen molar-refractivity contribution in [2.24, 2.45) is 0 Å². The zero-order valence-electron chi connectivity index (χ0n) is 18.3. The molecule has 0 radical (unpaired) electrons. The number of nitrogens with zero attached hydrogens (tertiary/aromatic N) is 1. The number of nitrogens with one attached hydrogen (secondary N) is 1. The molecule has 172 valence electrons. The van der Waals surface area contributed by atoms with Crippen LogP contribution in [0.15, 0.2) is 83.2 Å². The van der Waals surface area contributed by atoms with Crippen LogP contribution in [0.4, 0.5) is 5.69 Å². The van der Waals surface area contributed by atoms with Gasteiger partial charge in [0.25, 0.3) is 10.0 Å². The van der Waals surface area contributed by atoms with Crippen LogP contribution >= 0.6 is 11.3 Å². The zero-order chi connectivity index (χ0) is 23.7. The minimum absolute atomic E-state index is 0.265. The van der Waals surface area contributed by atoms with Gasteiger partial charge in [0.15, 0.2) is 11.5 Å². The normalized spacial score (nSPS) is 11.5. The molecule has 34 heavy (non-hydrogen) atoms. The van der Waals surface area contributed by atoms with Crippen LogP contribution < -0.4 is 18.9 Å². The summed E-state index contributed by atoms with van der Waals surface area (Å²) in [6, 6.07) is 19.5. The van der Waals surface area contributed by atoms with Gasteiger partial charge >= 0.3 is 0 Å². The first-order chi connectivity index (χ1) is 16.5. The summed E-state index contributed by atoms with van der Waals surface area (Å²) in [5, 5.41) is 3.12. The number of anilines is 1. The van der Waals surface area contributed by atoms with Crippen LogP contribution in [-0.2, 0) is 10.0 Å². The molecule has 0 spiro atoms. The molecule has 0 saturated heterocycles. The molecular formula is C25H20N2O5S2. The third kappa shape index (κ3) is 4.11. The average Bonchev–Trinajstić information content (AvgIpc) is 3.30. The molecule has 3 aromatic carbocycles. The van der Waals surface area contributed by atoms with Crippen molar-refractivity contribution in [2.45, 2.75) is 4.90 Å². The predicted molar refractivity (Wildman–Crippen MR) is 134 cm³/mol. The highest BCUT2D eigenvalue weighted by Gasteiger charge is 2.19. The van der Waals surface area contributed by atoms with Crippen LogP contribution in [0, 0.1) is 0 Å². The summed E-state index contributed by atoms with van der Waals surface area (Å²) < 4.78 is 46.3. The molecule has 0 aliphatic carbocycles. The molecule has 2 aromatic heterocycles. The number of hydrogen-bond donors (Lipinski definition) is 1. The van der Waals surface area contributed by atoms with Gasteiger partial charge in [-0.25, -0.2) is 8.42 Å². The Balaban J connectivity index is 1.39. The lowest BCUT2D eigenvalue weighted by Crippen LogP contribution is -2.12. The first-order valence-corrected chi connectivity index (χ1v) is 12.6. The monoisotopic (exact) mass is 492 g/mol. The first kappa shape index (κ1) is 22.0. The molecule has 0 aliphatic rings. The van der Waals surface area contributed by atoms with Crippen LogP contribution in [-0.4, -0.2) is 27.6 Å². The van der Waals surface area contributed by atoms with E-state index in [1.807, 2.05) is 24.3 Å². The van der Waals surface area contributed by atoms with Crippen molar-refractivity contribution in [2.75, 3.05) is 18.9 Å². The Labute approximate surface area is 200 Å². The number of hydrogen-bond acceptors (Lipinski definition) is 7. The number of sulfonamides is 1. The number of rotatable bonds is 7. The molecule has 0 atom stereocenters. The molecule has 1 N–H and O–H groups in total. The predicted octanol–water partition coefficient (Wildman–Crippen LogP) is 6.06. The molecule has 0 bridgehead atoms. The Bertz CT molecular complexity index is 1600. The molecule has 5 aromatic rings. The summed E-state index contributed by atoms with van der Waals surface area (Å²) in [7, 11) is -0.587. The maximum atomic E-state index is 12.9. The van der Waals surface area contributed by atoms with E-state index in [1.54, 1.807) is 68.3 Å². The Morgan fingerprint density at radius 1 is 0.853 bits per heavy atom. The summed E-state index contributed by atoms with van der Waals surface area (Å²) in [5.41, 5.74) is 1.14. The van der Waals surface area contributed by atoms with E-state index in [-0.39, 0.29) is 4.90 Å². The minimum atomic E-state index is -3.73. The number of fused-ring (bicyclic) bond motifs is 2. The Morgan fingerprint density at radius 3 is 2.35 bits per heavy atom. The number of aromatic nitrogens is 1. The number of pyridine rings is 1. The maximum Gasteiger partial charge on any atom is 0.263 e. The van der Waals surface area contributed by atoms with Gasteiger partial charge in [0.1, 0.15) is 16.4 Å². The first-order valence-electron chi connectivity index (χ1n) is 10.3. The summed E-state index contributed by atoms with van der Waals surface area (Å²) in [6.45, 7) is 0. The number of benzene rings is 3. The van der Waals surface area contributed by atoms with Crippen molar-refractivity contribution in [3.63, 3.8) is 0 Å². The lowest BCUT2D eigenvalue weighted by molar-refractivity contribution is 0.355. The molecule has 0 unspecified atom stereocenters. The van der Waals surface area contributed by atoms with E-state index < -0.39 is 10.0 Å². The largest absolute Gasteiger partial charge is 0.493 e. The maximum absolute atomic E-state index is 12.9. The second-order valence-electron chi connectivity index (χ2n) is 7.36. The van der Waals surface area contributed by atoms with Crippen molar-refractivity contribution < 1.29 is 22.6 Å². The van der Waals surface area contributed by atoms with Crippen molar-refractivity contribution in [1.82, 2.24) is 4.98 Å². The standard InChI is InChI=1S/C25H20N2O5S2/c1-30-22-13-19-20(14-23(22)31-2)26-12-11-21(19)32-17-9-7-16(8-10-17)27-34(28,29)25-15-33-24-6-4-3-5-18(24)25/h3-15,27H,1-2H3. The molecule has 0 aliphatic heterocycles. The van der Waals surface area contributed by atoms with E-state index in [0.717, 1.165) is 10.1 Å². The fourth-order valence-corrected chi connectivity index (χ4v) is 6.19. The highest BCUT2D eigenvalue weighted by Crippen LogP contribution is 2.37. The fourth-order valence-electron chi connectivity index (χ4n) is 3.63. The molecule has 5 rings (SSSR count). The van der Waals surface area contributed by atoms with Gasteiger partial charge in [0.05, 0.1) is 19.7 Å². The lowest BCUT2D eigenvalue weighted by Gasteiger charge is -2.13. The molecular weight excluding hydrogens is 472 g/mol. The SMILES string of the molecule is COc1cc2nccc(Oc3ccc(NS(=O)(=O)c4csc5ccccc45)cc3)c2cc1OC. The second-order valence-corrected chi connectivity index (χ2v) is 9.92. The van der Waals surface area contributed by atoms with E-state index in [9.17, 15) is 8.42 Å². The fraction of sp³-hybridized carbons (Fsp3) is 0.0800. The van der Waals surface area contributed by atoms with Gasteiger partial charge in [-0.05, 0) is 42.5 Å².